The summed E-state index contributed by atoms with van der Waals surface area (Å²) >= 11 is 0. The van der Waals surface area contributed by atoms with E-state index in [9.17, 15) is 10.5 Å². The van der Waals surface area contributed by atoms with E-state index in [1.54, 1.807) is 0 Å². The Morgan fingerprint density at radius 3 is 0.900 bits per heavy atom. The van der Waals surface area contributed by atoms with Crippen molar-refractivity contribution < 1.29 is 0 Å². The van der Waals surface area contributed by atoms with E-state index < -0.39 is 0 Å². The van der Waals surface area contributed by atoms with Crippen molar-refractivity contribution in [2.24, 2.45) is 0 Å². The summed E-state index contributed by atoms with van der Waals surface area (Å²) < 4.78 is 9.70. The molecular formula is C102H58N8. The molecule has 8 nitrogen and oxygen atoms in total. The maximum absolute atomic E-state index is 10.5. The van der Waals surface area contributed by atoms with Gasteiger partial charge in [0.25, 0.3) is 0 Å². The summed E-state index contributed by atoms with van der Waals surface area (Å²) in [5.74, 6) is 0. The van der Waals surface area contributed by atoms with Crippen molar-refractivity contribution in [1.82, 2.24) is 17.9 Å². The van der Waals surface area contributed by atoms with Crippen LogP contribution in [0.4, 0.5) is 34.1 Å². The molecule has 0 amide bonds. The fraction of sp³-hybridized carbons (Fsp3) is 0. The molecule has 0 atom stereocenters. The molecule has 24 aromatic rings. The lowest BCUT2D eigenvalue weighted by Gasteiger charge is -2.26. The van der Waals surface area contributed by atoms with Crippen LogP contribution in [0.3, 0.4) is 0 Å². The monoisotopic (exact) mass is 1390 g/mol. The van der Waals surface area contributed by atoms with Crippen LogP contribution >= 0.6 is 0 Å². The van der Waals surface area contributed by atoms with Crippen molar-refractivity contribution >= 4 is 197 Å². The Labute approximate surface area is 628 Å². The summed E-state index contributed by atoms with van der Waals surface area (Å²) in [5, 5.41) is 43.9. The quantitative estimate of drug-likeness (QED) is 0.144. The van der Waals surface area contributed by atoms with E-state index in [-0.39, 0.29) is 0 Å². The van der Waals surface area contributed by atoms with Gasteiger partial charge in [0, 0.05) is 110 Å². The lowest BCUT2D eigenvalue weighted by molar-refractivity contribution is 1.19. The highest BCUT2D eigenvalue weighted by molar-refractivity contribution is 6.29. The number of benzene rings is 18. The van der Waals surface area contributed by atoms with Crippen LogP contribution < -0.4 is 9.80 Å². The minimum absolute atomic E-state index is 0.648. The number of rotatable bonds is 9. The molecule has 6 aromatic heterocycles. The van der Waals surface area contributed by atoms with Gasteiger partial charge in [0.1, 0.15) is 0 Å². The first-order valence-electron chi connectivity index (χ1n) is 37.4. The maximum atomic E-state index is 10.5. The van der Waals surface area contributed by atoms with Gasteiger partial charge in [-0.25, -0.2) is 0 Å². The summed E-state index contributed by atoms with van der Waals surface area (Å²) in [5.41, 5.74) is 23.5. The second-order valence-electron chi connectivity index (χ2n) is 29.5. The third-order valence-electron chi connectivity index (χ3n) is 23.6. The van der Waals surface area contributed by atoms with Crippen molar-refractivity contribution in [1.29, 1.82) is 10.5 Å². The Morgan fingerprint density at radius 2 is 0.509 bits per heavy atom. The smallest absolute Gasteiger partial charge is 0.0992 e. The largest absolute Gasteiger partial charge is 0.310 e. The van der Waals surface area contributed by atoms with Crippen LogP contribution in [0.25, 0.3) is 185 Å². The highest BCUT2D eigenvalue weighted by atomic mass is 15.1. The van der Waals surface area contributed by atoms with Gasteiger partial charge in [-0.15, -0.1) is 0 Å². The number of aromatic nitrogens is 4. The highest BCUT2D eigenvalue weighted by Crippen LogP contribution is 2.48. The highest BCUT2D eigenvalue weighted by Gasteiger charge is 2.26. The molecule has 0 unspecified atom stereocenters. The van der Waals surface area contributed by atoms with Crippen LogP contribution in [0.2, 0.25) is 0 Å². The molecule has 110 heavy (non-hydrogen) atoms. The molecule has 506 valence electrons. The van der Waals surface area contributed by atoms with Gasteiger partial charge in [-0.1, -0.05) is 152 Å². The minimum Gasteiger partial charge on any atom is -0.310 e. The molecule has 0 saturated heterocycles. The van der Waals surface area contributed by atoms with Crippen LogP contribution in [0.5, 0.6) is 0 Å². The fourth-order valence-electron chi connectivity index (χ4n) is 18.8. The minimum atomic E-state index is 0.648. The summed E-state index contributed by atoms with van der Waals surface area (Å²) in [4.78, 5) is 4.67. The second kappa shape index (κ2) is 22.7. The Hall–Kier alpha value is -15.2. The number of anilines is 6. The van der Waals surface area contributed by atoms with Gasteiger partial charge in [-0.05, 0) is 254 Å². The molecule has 0 radical (unpaired) electrons. The molecular weight excluding hydrogens is 1340 g/mol. The van der Waals surface area contributed by atoms with Gasteiger partial charge in [-0.3, -0.25) is 0 Å². The lowest BCUT2D eigenvalue weighted by Crippen LogP contribution is -2.09. The molecule has 0 saturated carbocycles. The molecule has 0 fully saturated rings. The van der Waals surface area contributed by atoms with Crippen LogP contribution in [0.1, 0.15) is 11.1 Å². The standard InChI is InChI=1S/C102H58N8/c103-59-61-42-89-85-51-65-30-37-77(105(73-16-4-1-5-17-73)74-18-6-2-7-19-74)46-69(65)55-97(85)109-98-56-70-47-78(38-31-66(70)52-86(98)90(43-61)101(89)109)106(75-20-8-3-9-21-75)76-35-28-63(29-36-76)64-34-41-96-84(50-64)83-24-12-15-27-95(83)108(96)80-40-33-68-54-88-92-45-62(60-104)44-91-87-53-67-32-39-79(107-93-25-13-10-22-81(93)82-23-11-14-26-94(82)107)48-71(67)57-99(87)110(102(91)92)100(88)58-72(68)49-80/h1-58H. The normalized spacial score (nSPS) is 12.2. The van der Waals surface area contributed by atoms with E-state index in [1.807, 2.05) is 0 Å². The predicted octanol–water partition coefficient (Wildman–Crippen LogP) is 27.1. The Morgan fingerprint density at radius 1 is 0.200 bits per heavy atom. The van der Waals surface area contributed by atoms with Gasteiger partial charge in [0.2, 0.25) is 0 Å². The number of hydrogen-bond donors (Lipinski definition) is 0. The van der Waals surface area contributed by atoms with Crippen molar-refractivity contribution in [2.45, 2.75) is 0 Å². The summed E-state index contributed by atoms with van der Waals surface area (Å²) in [7, 11) is 0. The zero-order valence-corrected chi connectivity index (χ0v) is 59.1. The van der Waals surface area contributed by atoms with Gasteiger partial charge in [0.05, 0.1) is 78.4 Å². The number of nitrogens with zero attached hydrogens (tertiary/aromatic N) is 8. The maximum Gasteiger partial charge on any atom is 0.0992 e. The van der Waals surface area contributed by atoms with Crippen LogP contribution in [-0.4, -0.2) is 17.9 Å². The molecule has 0 bridgehead atoms. The van der Waals surface area contributed by atoms with E-state index in [4.69, 9.17) is 0 Å². The van der Waals surface area contributed by atoms with Gasteiger partial charge in [0.15, 0.2) is 0 Å². The van der Waals surface area contributed by atoms with Crippen molar-refractivity contribution in [2.75, 3.05) is 9.80 Å². The van der Waals surface area contributed by atoms with Crippen molar-refractivity contribution in [3.63, 3.8) is 0 Å². The molecule has 0 N–H and O–H groups in total. The molecule has 0 spiro atoms. The van der Waals surface area contributed by atoms with Gasteiger partial charge >= 0.3 is 0 Å². The zero-order chi connectivity index (χ0) is 72.1. The SMILES string of the molecule is N#Cc1cc2c3cc4ccc(N(c5ccccc5)c5ccccc5)cc4cc3n3c4cc5cc(N(c6ccccc6)c6ccc(-c7ccc8c(c7)c7ccccc7n8-c7ccc8cc9c%10cc(C#N)cc%11c%12cc%13ccc(-n%14c%15ccccc%15c%15ccccc%15%14)cc%13cc%12n(c9cc8c7)c%11%10)cc6)ccc5cc4c(c1)c23. The van der Waals surface area contributed by atoms with E-state index >= 15 is 0 Å². The van der Waals surface area contributed by atoms with Crippen LogP contribution in [0, 0.1) is 22.7 Å². The van der Waals surface area contributed by atoms with Gasteiger partial charge in [-0.2, -0.15) is 10.5 Å². The Kier molecular flexibility index (Phi) is 12.4. The molecule has 18 aromatic carbocycles. The molecule has 0 aliphatic heterocycles. The first-order chi connectivity index (χ1) is 54.4. The van der Waals surface area contributed by atoms with Crippen molar-refractivity contribution in [3.8, 4) is 34.6 Å². The molecule has 6 heterocycles. The van der Waals surface area contributed by atoms with E-state index in [0.717, 1.165) is 187 Å². The first kappa shape index (κ1) is 60.1. The molecule has 8 heteroatoms. The average Bonchev–Trinajstić information content (AvgIpc) is 1.54. The molecule has 0 aliphatic rings. The number of hydrogen-bond acceptors (Lipinski definition) is 4. The van der Waals surface area contributed by atoms with Crippen molar-refractivity contribution in [3.05, 3.63) is 363 Å². The predicted molar refractivity (Wildman–Crippen MR) is 459 cm³/mol. The Bertz CT molecular complexity index is 8080. The van der Waals surface area contributed by atoms with Crippen LogP contribution in [0.15, 0.2) is 352 Å². The molecule has 24 rings (SSSR count). The Balaban J connectivity index is 0.596. The van der Waals surface area contributed by atoms with E-state index in [0.29, 0.717) is 11.1 Å². The zero-order valence-electron chi connectivity index (χ0n) is 59.1. The van der Waals surface area contributed by atoms with E-state index in [1.165, 1.54) is 32.6 Å². The van der Waals surface area contributed by atoms with Crippen LogP contribution in [-0.2, 0) is 0 Å². The number of para-hydroxylation sites is 6. The average molecular weight is 1400 g/mol. The van der Waals surface area contributed by atoms with E-state index in [2.05, 4.69) is 392 Å². The molecule has 0 aliphatic carbocycles. The van der Waals surface area contributed by atoms with Gasteiger partial charge < -0.3 is 27.7 Å². The number of fused-ring (bicyclic) bond motifs is 22. The first-order valence-corrected chi connectivity index (χ1v) is 37.4. The third kappa shape index (κ3) is 8.64. The fourth-order valence-corrected chi connectivity index (χ4v) is 18.8. The summed E-state index contributed by atoms with van der Waals surface area (Å²) in [6.45, 7) is 0. The lowest BCUT2D eigenvalue weighted by atomic mass is 10.00. The number of nitriles is 2. The topological polar surface area (TPSA) is 72.7 Å². The summed E-state index contributed by atoms with van der Waals surface area (Å²) in [6.07, 6.45) is 0. The third-order valence-corrected chi connectivity index (χ3v) is 23.6. The summed E-state index contributed by atoms with van der Waals surface area (Å²) in [6, 6.07) is 133. The second-order valence-corrected chi connectivity index (χ2v) is 29.5.